The molecule has 1 N–H and O–H groups in total. The van der Waals surface area contributed by atoms with Crippen molar-refractivity contribution in [3.8, 4) is 0 Å². The smallest absolute Gasteiger partial charge is 0.410 e. The Morgan fingerprint density at radius 1 is 1.36 bits per heavy atom. The number of H-pyrrole nitrogens is 1. The first-order valence-electron chi connectivity index (χ1n) is 8.46. The summed E-state index contributed by atoms with van der Waals surface area (Å²) in [5.41, 5.74) is 1.55. The average Bonchev–Trinajstić information content (AvgIpc) is 2.80. The Balaban J connectivity index is 1.76. The molecule has 1 aromatic heterocycles. The Kier molecular flexibility index (Phi) is 4.34. The second-order valence-corrected chi connectivity index (χ2v) is 7.60. The number of nitrogens with one attached hydrogen (secondary N) is 1. The molecule has 0 aliphatic carbocycles. The van der Waals surface area contributed by atoms with Crippen molar-refractivity contribution in [3.05, 3.63) is 34.2 Å². The third-order valence-electron chi connectivity index (χ3n) is 4.55. The van der Waals surface area contributed by atoms with Crippen molar-refractivity contribution in [1.82, 2.24) is 14.5 Å². The van der Waals surface area contributed by atoms with Crippen LogP contribution in [0.2, 0.25) is 0 Å². The second-order valence-electron chi connectivity index (χ2n) is 7.60. The van der Waals surface area contributed by atoms with Crippen LogP contribution in [0.3, 0.4) is 0 Å². The third kappa shape index (κ3) is 3.55. The van der Waals surface area contributed by atoms with Crippen molar-refractivity contribution < 1.29 is 13.9 Å². The number of nitrogens with zero attached hydrogens (tertiary/aromatic N) is 2. The van der Waals surface area contributed by atoms with Gasteiger partial charge < -0.3 is 14.6 Å². The summed E-state index contributed by atoms with van der Waals surface area (Å²) in [5.74, 6) is -0.298. The topological polar surface area (TPSA) is 67.3 Å². The minimum atomic E-state index is -1.17. The van der Waals surface area contributed by atoms with E-state index < -0.39 is 17.9 Å². The molecular weight excluding hydrogens is 325 g/mol. The minimum Gasteiger partial charge on any atom is -0.444 e. The number of carbonyl (C=O) groups excluding carboxylic acids is 1. The molecular formula is C18H24FN3O3. The van der Waals surface area contributed by atoms with E-state index in [4.69, 9.17) is 4.74 Å². The fourth-order valence-electron chi connectivity index (χ4n) is 3.24. The van der Waals surface area contributed by atoms with Crippen molar-refractivity contribution in [2.24, 2.45) is 7.05 Å². The molecule has 1 unspecified atom stereocenters. The molecule has 2 atom stereocenters. The third-order valence-corrected chi connectivity index (χ3v) is 4.55. The van der Waals surface area contributed by atoms with Gasteiger partial charge in [0.15, 0.2) is 0 Å². The van der Waals surface area contributed by atoms with Crippen LogP contribution in [-0.2, 0) is 11.8 Å². The van der Waals surface area contributed by atoms with E-state index in [0.717, 1.165) is 16.6 Å². The van der Waals surface area contributed by atoms with E-state index in [-0.39, 0.29) is 18.2 Å². The summed E-state index contributed by atoms with van der Waals surface area (Å²) in [6, 6.07) is 5.51. The Morgan fingerprint density at radius 2 is 2.08 bits per heavy atom. The molecule has 25 heavy (non-hydrogen) atoms. The molecule has 0 saturated carbocycles. The van der Waals surface area contributed by atoms with Gasteiger partial charge >= 0.3 is 11.8 Å². The number of carbonyl (C=O) groups is 1. The summed E-state index contributed by atoms with van der Waals surface area (Å²) < 4.78 is 21.6. The highest BCUT2D eigenvalue weighted by atomic mass is 19.1. The van der Waals surface area contributed by atoms with Gasteiger partial charge in [-0.2, -0.15) is 0 Å². The molecule has 1 saturated heterocycles. The highest BCUT2D eigenvalue weighted by Gasteiger charge is 2.34. The van der Waals surface area contributed by atoms with Gasteiger partial charge in [0.2, 0.25) is 0 Å². The number of amides is 1. The van der Waals surface area contributed by atoms with Crippen LogP contribution in [0.25, 0.3) is 11.0 Å². The first-order chi connectivity index (χ1) is 11.7. The van der Waals surface area contributed by atoms with Crippen molar-refractivity contribution in [2.45, 2.75) is 44.9 Å². The molecule has 2 heterocycles. The zero-order chi connectivity index (χ0) is 18.4. The molecule has 1 fully saturated rings. The van der Waals surface area contributed by atoms with Crippen LogP contribution in [0.4, 0.5) is 9.18 Å². The van der Waals surface area contributed by atoms with Gasteiger partial charge in [-0.1, -0.05) is 6.07 Å². The number of aromatic amines is 1. The lowest BCUT2D eigenvalue weighted by Crippen LogP contribution is -2.46. The number of ether oxygens (including phenoxy) is 1. The van der Waals surface area contributed by atoms with Crippen LogP contribution in [0.15, 0.2) is 23.0 Å². The maximum atomic E-state index is 14.8. The molecule has 1 amide bonds. The summed E-state index contributed by atoms with van der Waals surface area (Å²) in [6.45, 7) is 5.84. The lowest BCUT2D eigenvalue weighted by molar-refractivity contribution is 0.0111. The van der Waals surface area contributed by atoms with E-state index in [1.54, 1.807) is 33.9 Å². The van der Waals surface area contributed by atoms with E-state index in [2.05, 4.69) is 4.98 Å². The first kappa shape index (κ1) is 17.5. The molecule has 6 nitrogen and oxygen atoms in total. The number of benzene rings is 1. The number of aromatic nitrogens is 2. The largest absolute Gasteiger partial charge is 0.444 e. The van der Waals surface area contributed by atoms with Gasteiger partial charge in [0.25, 0.3) is 0 Å². The Labute approximate surface area is 145 Å². The number of piperidine rings is 1. The number of imidazole rings is 1. The van der Waals surface area contributed by atoms with Crippen molar-refractivity contribution in [2.75, 3.05) is 13.1 Å². The van der Waals surface area contributed by atoms with E-state index in [1.165, 1.54) is 9.47 Å². The van der Waals surface area contributed by atoms with Gasteiger partial charge in [0.1, 0.15) is 11.8 Å². The molecule has 3 rings (SSSR count). The SMILES string of the molecule is Cn1c(=O)[nH]c2ccc(C3CCN(C(=O)OC(C)(C)C)C[C@H]3F)cc21. The van der Waals surface area contributed by atoms with Gasteiger partial charge in [-0.15, -0.1) is 0 Å². The predicted molar refractivity (Wildman–Crippen MR) is 93.6 cm³/mol. The Bertz CT molecular complexity index is 849. The highest BCUT2D eigenvalue weighted by molar-refractivity contribution is 5.76. The molecule has 1 aliphatic heterocycles. The molecule has 1 aromatic carbocycles. The van der Waals surface area contributed by atoms with Crippen molar-refractivity contribution >= 4 is 17.1 Å². The van der Waals surface area contributed by atoms with Crippen LogP contribution in [0, 0.1) is 0 Å². The fraction of sp³-hybridized carbons (Fsp3) is 0.556. The number of hydrogen-bond acceptors (Lipinski definition) is 3. The van der Waals surface area contributed by atoms with Gasteiger partial charge in [0.05, 0.1) is 17.6 Å². The summed E-state index contributed by atoms with van der Waals surface area (Å²) in [5, 5.41) is 0. The average molecular weight is 349 g/mol. The number of alkyl halides is 1. The number of hydrogen-bond donors (Lipinski definition) is 1. The zero-order valence-electron chi connectivity index (χ0n) is 15.0. The molecule has 7 heteroatoms. The maximum absolute atomic E-state index is 14.8. The highest BCUT2D eigenvalue weighted by Crippen LogP contribution is 2.32. The van der Waals surface area contributed by atoms with Gasteiger partial charge in [-0.3, -0.25) is 4.57 Å². The summed E-state index contributed by atoms with van der Waals surface area (Å²) in [4.78, 5) is 28.0. The Hall–Kier alpha value is -2.31. The van der Waals surface area contributed by atoms with Gasteiger partial charge in [-0.05, 0) is 44.9 Å². The van der Waals surface area contributed by atoms with Crippen molar-refractivity contribution in [3.63, 3.8) is 0 Å². The Morgan fingerprint density at radius 3 is 2.72 bits per heavy atom. The van der Waals surface area contributed by atoms with Crippen molar-refractivity contribution in [1.29, 1.82) is 0 Å². The van der Waals surface area contributed by atoms with Crippen LogP contribution in [0.5, 0.6) is 0 Å². The molecule has 0 bridgehead atoms. The van der Waals surface area contributed by atoms with Crippen LogP contribution in [-0.4, -0.2) is 45.4 Å². The van der Waals surface area contributed by atoms with E-state index >= 15 is 0 Å². The normalized spacial score (nSPS) is 21.6. The summed E-state index contributed by atoms with van der Waals surface area (Å²) in [7, 11) is 1.68. The molecule has 136 valence electrons. The lowest BCUT2D eigenvalue weighted by atomic mass is 9.88. The second kappa shape index (κ2) is 6.20. The van der Waals surface area contributed by atoms with Crippen LogP contribution in [0.1, 0.15) is 38.7 Å². The predicted octanol–water partition coefficient (Wildman–Crippen LogP) is 2.93. The number of rotatable bonds is 1. The molecule has 0 radical (unpaired) electrons. The van der Waals surface area contributed by atoms with E-state index in [1.807, 2.05) is 12.1 Å². The quantitative estimate of drug-likeness (QED) is 0.861. The standard InChI is InChI=1S/C18H24FN3O3/c1-18(2,3)25-17(24)22-8-7-12(13(19)10-22)11-5-6-14-15(9-11)21(4)16(23)20-14/h5-6,9,12-13H,7-8,10H2,1-4H3,(H,20,23)/t12?,13-/m1/s1. The zero-order valence-corrected chi connectivity index (χ0v) is 15.0. The minimum absolute atomic E-state index is 0.0175. The number of halogens is 1. The number of fused-ring (bicyclic) bond motifs is 1. The molecule has 1 aliphatic rings. The fourth-order valence-corrected chi connectivity index (χ4v) is 3.24. The summed E-state index contributed by atoms with van der Waals surface area (Å²) in [6.07, 6.45) is -1.13. The van der Waals surface area contributed by atoms with Crippen LogP contribution < -0.4 is 5.69 Å². The van der Waals surface area contributed by atoms with Gasteiger partial charge in [0, 0.05) is 19.5 Å². The first-order valence-corrected chi connectivity index (χ1v) is 8.46. The van der Waals surface area contributed by atoms with Gasteiger partial charge in [-0.25, -0.2) is 14.0 Å². The number of aryl methyl sites for hydroxylation is 1. The molecule has 2 aromatic rings. The van der Waals surface area contributed by atoms with E-state index in [0.29, 0.717) is 13.0 Å². The number of likely N-dealkylation sites (tertiary alicyclic amines) is 1. The van der Waals surface area contributed by atoms with E-state index in [9.17, 15) is 14.0 Å². The molecule has 0 spiro atoms. The summed E-state index contributed by atoms with van der Waals surface area (Å²) >= 11 is 0. The lowest BCUT2D eigenvalue weighted by Gasteiger charge is -2.35. The monoisotopic (exact) mass is 349 g/mol. The van der Waals surface area contributed by atoms with Crippen LogP contribution >= 0.6 is 0 Å². The maximum Gasteiger partial charge on any atom is 0.410 e.